The Morgan fingerprint density at radius 3 is 2.19 bits per heavy atom. The fourth-order valence-electron chi connectivity index (χ4n) is 2.08. The molecule has 2 rings (SSSR count). The number of nitrogens with one attached hydrogen (secondary N) is 2. The molecule has 0 radical (unpaired) electrons. The van der Waals surface area contributed by atoms with Crippen LogP contribution in [0, 0.1) is 0 Å². The third-order valence-electron chi connectivity index (χ3n) is 3.27. The van der Waals surface area contributed by atoms with Crippen molar-refractivity contribution in [2.75, 3.05) is 0 Å². The molecular weight excluding hydrogens is 270 g/mol. The molecule has 4 N–H and O–H groups in total. The minimum Gasteiger partial charge on any atom is -0.438 e. The van der Waals surface area contributed by atoms with Crippen LogP contribution in [0.4, 0.5) is 4.79 Å². The van der Waals surface area contributed by atoms with Crippen molar-refractivity contribution in [3.63, 3.8) is 0 Å². The highest BCUT2D eigenvalue weighted by atomic mass is 16.6. The van der Waals surface area contributed by atoms with E-state index in [-0.39, 0.29) is 11.4 Å². The summed E-state index contributed by atoms with van der Waals surface area (Å²) in [5, 5.41) is 2.78. The summed E-state index contributed by atoms with van der Waals surface area (Å²) in [5.74, 6) is 4.74. The molecule has 0 aliphatic heterocycles. The molecule has 1 saturated carbocycles. The Morgan fingerprint density at radius 2 is 1.76 bits per heavy atom. The van der Waals surface area contributed by atoms with Gasteiger partial charge in [0.2, 0.25) is 0 Å². The number of hydrazine groups is 1. The van der Waals surface area contributed by atoms with Gasteiger partial charge in [0.25, 0.3) is 5.91 Å². The lowest BCUT2D eigenvalue weighted by molar-refractivity contribution is 0.0753. The number of amides is 2. The monoisotopic (exact) mass is 291 g/mol. The number of nitrogen functional groups attached to an aromatic ring is 1. The zero-order valence-electron chi connectivity index (χ0n) is 12.5. The van der Waals surface area contributed by atoms with Crippen molar-refractivity contribution in [1.82, 2.24) is 10.7 Å². The molecule has 0 unspecified atom stereocenters. The number of nitrogens with two attached hydrogens (primary N) is 1. The Labute approximate surface area is 124 Å². The lowest BCUT2D eigenvalue weighted by Gasteiger charge is -2.23. The molecule has 1 aromatic rings. The van der Waals surface area contributed by atoms with Crippen LogP contribution in [0.3, 0.4) is 0 Å². The van der Waals surface area contributed by atoms with Crippen LogP contribution in [-0.4, -0.2) is 17.5 Å². The molecule has 6 heteroatoms. The van der Waals surface area contributed by atoms with E-state index in [1.54, 1.807) is 24.3 Å². The number of rotatable bonds is 3. The third-order valence-corrected chi connectivity index (χ3v) is 3.27. The van der Waals surface area contributed by atoms with Crippen molar-refractivity contribution in [1.29, 1.82) is 0 Å². The fourth-order valence-corrected chi connectivity index (χ4v) is 2.08. The summed E-state index contributed by atoms with van der Waals surface area (Å²) >= 11 is 0. The van der Waals surface area contributed by atoms with Crippen molar-refractivity contribution >= 4 is 12.0 Å². The third kappa shape index (κ3) is 3.72. The summed E-state index contributed by atoms with van der Waals surface area (Å²) in [6.45, 7) is 5.69. The first kappa shape index (κ1) is 15.3. The molecule has 114 valence electrons. The van der Waals surface area contributed by atoms with Gasteiger partial charge in [-0.25, -0.2) is 10.6 Å². The number of hydrogen-bond acceptors (Lipinski definition) is 4. The maximum Gasteiger partial charge on any atom is 0.408 e. The Hall–Kier alpha value is -2.08. The zero-order chi connectivity index (χ0) is 15.7. The first-order valence-corrected chi connectivity index (χ1v) is 6.88. The van der Waals surface area contributed by atoms with Crippen LogP contribution in [0.15, 0.2) is 24.3 Å². The molecule has 1 aromatic carbocycles. The van der Waals surface area contributed by atoms with Gasteiger partial charge in [-0.05, 0) is 51.3 Å². The lowest BCUT2D eigenvalue weighted by atomic mass is 10.1. The fraction of sp³-hybridized carbons (Fsp3) is 0.467. The second-order valence-electron chi connectivity index (χ2n) is 6.31. The summed E-state index contributed by atoms with van der Waals surface area (Å²) in [6.07, 6.45) is 1.14. The Morgan fingerprint density at radius 1 is 1.19 bits per heavy atom. The quantitative estimate of drug-likeness (QED) is 0.450. The van der Waals surface area contributed by atoms with Crippen LogP contribution in [0.2, 0.25) is 0 Å². The van der Waals surface area contributed by atoms with E-state index in [1.807, 2.05) is 20.8 Å². The molecule has 6 nitrogen and oxygen atoms in total. The topological polar surface area (TPSA) is 93.4 Å². The molecule has 0 aromatic heterocycles. The second kappa shape index (κ2) is 5.37. The Balaban J connectivity index is 2.07. The number of benzene rings is 1. The number of alkyl carbamates (subject to hydrolysis) is 1. The molecular formula is C15H21N3O3. The summed E-state index contributed by atoms with van der Waals surface area (Å²) in [4.78, 5) is 23.3. The average molecular weight is 291 g/mol. The zero-order valence-corrected chi connectivity index (χ0v) is 12.5. The first-order valence-electron chi connectivity index (χ1n) is 6.88. The van der Waals surface area contributed by atoms with Crippen molar-refractivity contribution in [3.05, 3.63) is 35.4 Å². The number of hydrogen-bond donors (Lipinski definition) is 3. The van der Waals surface area contributed by atoms with Gasteiger partial charge in [0.1, 0.15) is 5.60 Å². The van der Waals surface area contributed by atoms with Gasteiger partial charge in [0, 0.05) is 11.1 Å². The van der Waals surface area contributed by atoms with E-state index in [0.717, 1.165) is 18.4 Å². The first-order chi connectivity index (χ1) is 9.76. The van der Waals surface area contributed by atoms with Gasteiger partial charge < -0.3 is 10.1 Å². The van der Waals surface area contributed by atoms with Gasteiger partial charge >= 0.3 is 6.09 Å². The highest BCUT2D eigenvalue weighted by Gasteiger charge is 2.48. The highest BCUT2D eigenvalue weighted by molar-refractivity contribution is 5.93. The minimum atomic E-state index is -0.562. The molecule has 0 atom stereocenters. The number of carbonyl (C=O) groups excluding carboxylic acids is 2. The van der Waals surface area contributed by atoms with Crippen LogP contribution in [0.25, 0.3) is 0 Å². The molecule has 1 aliphatic rings. The summed E-state index contributed by atoms with van der Waals surface area (Å²) in [7, 11) is 0. The SMILES string of the molecule is CC(C)(C)NC(=O)OC1(c2ccc(C(=O)NN)cc2)CC1. The van der Waals surface area contributed by atoms with Crippen LogP contribution >= 0.6 is 0 Å². The molecule has 1 aliphatic carbocycles. The molecule has 0 heterocycles. The van der Waals surface area contributed by atoms with Gasteiger partial charge in [-0.15, -0.1) is 0 Å². The van der Waals surface area contributed by atoms with E-state index in [2.05, 4.69) is 10.7 Å². The van der Waals surface area contributed by atoms with Gasteiger partial charge in [-0.1, -0.05) is 12.1 Å². The van der Waals surface area contributed by atoms with E-state index >= 15 is 0 Å². The lowest BCUT2D eigenvalue weighted by Crippen LogP contribution is -2.42. The molecule has 0 saturated heterocycles. The van der Waals surface area contributed by atoms with Crippen molar-refractivity contribution in [2.24, 2.45) is 5.84 Å². The van der Waals surface area contributed by atoms with Crippen molar-refractivity contribution < 1.29 is 14.3 Å². The summed E-state index contributed by atoms with van der Waals surface area (Å²) < 4.78 is 5.56. The average Bonchev–Trinajstić information content (AvgIpc) is 3.16. The van der Waals surface area contributed by atoms with Crippen LogP contribution in [0.1, 0.15) is 49.5 Å². The molecule has 0 spiro atoms. The van der Waals surface area contributed by atoms with Gasteiger partial charge in [-0.3, -0.25) is 10.2 Å². The van der Waals surface area contributed by atoms with E-state index in [4.69, 9.17) is 10.6 Å². The van der Waals surface area contributed by atoms with Crippen LogP contribution in [0.5, 0.6) is 0 Å². The smallest absolute Gasteiger partial charge is 0.408 e. The largest absolute Gasteiger partial charge is 0.438 e. The molecule has 2 amide bonds. The highest BCUT2D eigenvalue weighted by Crippen LogP contribution is 2.49. The van der Waals surface area contributed by atoms with Crippen LogP contribution in [-0.2, 0) is 10.3 Å². The standard InChI is InChI=1S/C15H21N3O3/c1-14(2,3)17-13(20)21-15(8-9-15)11-6-4-10(5-7-11)12(19)18-16/h4-7H,8-9,16H2,1-3H3,(H,17,20)(H,18,19). The molecule has 21 heavy (non-hydrogen) atoms. The van der Waals surface area contributed by atoms with E-state index in [0.29, 0.717) is 5.56 Å². The Kier molecular flexibility index (Phi) is 3.91. The van der Waals surface area contributed by atoms with Crippen LogP contribution < -0.4 is 16.6 Å². The number of carbonyl (C=O) groups is 2. The second-order valence-corrected chi connectivity index (χ2v) is 6.31. The van der Waals surface area contributed by atoms with E-state index in [9.17, 15) is 9.59 Å². The van der Waals surface area contributed by atoms with Gasteiger partial charge in [0.05, 0.1) is 0 Å². The van der Waals surface area contributed by atoms with E-state index < -0.39 is 11.7 Å². The maximum atomic E-state index is 11.9. The van der Waals surface area contributed by atoms with Crippen molar-refractivity contribution in [3.8, 4) is 0 Å². The predicted molar refractivity (Wildman–Crippen MR) is 78.4 cm³/mol. The molecule has 0 bridgehead atoms. The number of ether oxygens (including phenoxy) is 1. The predicted octanol–water partition coefficient (Wildman–Crippen LogP) is 1.80. The summed E-state index contributed by atoms with van der Waals surface area (Å²) in [6, 6.07) is 6.93. The Bertz CT molecular complexity index is 542. The van der Waals surface area contributed by atoms with Crippen molar-refractivity contribution in [2.45, 2.75) is 44.8 Å². The summed E-state index contributed by atoms with van der Waals surface area (Å²) in [5.41, 5.74) is 2.54. The molecule has 1 fully saturated rings. The minimum absolute atomic E-state index is 0.337. The maximum absolute atomic E-state index is 11.9. The van der Waals surface area contributed by atoms with Gasteiger partial charge in [-0.2, -0.15) is 0 Å². The normalized spacial score (nSPS) is 16.0. The van der Waals surface area contributed by atoms with Gasteiger partial charge in [0.15, 0.2) is 0 Å². The van der Waals surface area contributed by atoms with E-state index in [1.165, 1.54) is 0 Å².